The van der Waals surface area contributed by atoms with E-state index in [1.807, 2.05) is 0 Å². The Morgan fingerprint density at radius 1 is 1.29 bits per heavy atom. The first-order valence-electron chi connectivity index (χ1n) is 8.87. The van der Waals surface area contributed by atoms with Crippen LogP contribution in [0.3, 0.4) is 0 Å². The summed E-state index contributed by atoms with van der Waals surface area (Å²) in [6.07, 6.45) is -0.961. The Hall–Kier alpha value is -1.82. The van der Waals surface area contributed by atoms with E-state index in [4.69, 9.17) is 16.3 Å². The van der Waals surface area contributed by atoms with Crippen molar-refractivity contribution in [2.24, 2.45) is 4.40 Å². The molecule has 168 valence electrons. The molecule has 0 bridgehead atoms. The number of esters is 1. The third-order valence-corrected chi connectivity index (χ3v) is 6.45. The van der Waals surface area contributed by atoms with E-state index in [1.165, 1.54) is 12.4 Å². The molecule has 1 aromatic heterocycles. The predicted octanol–water partition coefficient (Wildman–Crippen LogP) is 5.36. The first-order valence-corrected chi connectivity index (χ1v) is 11.2. The van der Waals surface area contributed by atoms with E-state index in [2.05, 4.69) is 14.4 Å². The van der Waals surface area contributed by atoms with Crippen LogP contribution < -0.4 is 0 Å². The quantitative estimate of drug-likeness (QED) is 0.306. The van der Waals surface area contributed by atoms with Gasteiger partial charge in [-0.3, -0.25) is 0 Å². The van der Waals surface area contributed by atoms with Crippen molar-refractivity contribution < 1.29 is 27.3 Å². The maximum absolute atomic E-state index is 13.3. The van der Waals surface area contributed by atoms with Gasteiger partial charge in [-0.15, -0.1) is 0 Å². The smallest absolute Gasteiger partial charge is 0.416 e. The molecule has 6 nitrogen and oxygen atoms in total. The summed E-state index contributed by atoms with van der Waals surface area (Å²) in [5.41, 5.74) is -1.12. The highest BCUT2D eigenvalue weighted by Crippen LogP contribution is 2.40. The lowest BCUT2D eigenvalue weighted by atomic mass is 10.1. The number of aromatic nitrogens is 2. The molecule has 0 radical (unpaired) electrons. The predicted molar refractivity (Wildman–Crippen MR) is 114 cm³/mol. The van der Waals surface area contributed by atoms with Crippen LogP contribution in [-0.4, -0.2) is 38.1 Å². The van der Waals surface area contributed by atoms with Gasteiger partial charge in [-0.2, -0.15) is 13.2 Å². The van der Waals surface area contributed by atoms with E-state index in [0.717, 1.165) is 30.1 Å². The van der Waals surface area contributed by atoms with Crippen molar-refractivity contribution in [1.82, 2.24) is 9.97 Å². The van der Waals surface area contributed by atoms with Crippen LogP contribution in [0.4, 0.5) is 13.2 Å². The second-order valence-corrected chi connectivity index (χ2v) is 10.3. The summed E-state index contributed by atoms with van der Waals surface area (Å²) >= 11 is 5.29. The summed E-state index contributed by atoms with van der Waals surface area (Å²) in [6.45, 7) is 6.77. The van der Waals surface area contributed by atoms with Gasteiger partial charge < -0.3 is 9.29 Å². The second kappa shape index (κ2) is 10.2. The van der Waals surface area contributed by atoms with Crippen molar-refractivity contribution in [3.63, 3.8) is 0 Å². The lowest BCUT2D eigenvalue weighted by molar-refractivity contribution is -0.137. The molecule has 2 rings (SSSR count). The van der Waals surface area contributed by atoms with Crippen LogP contribution in [0.5, 0.6) is 0 Å². The van der Waals surface area contributed by atoms with Crippen LogP contribution in [0, 0.1) is 0 Å². The topological polar surface area (TPSA) is 87.5 Å². The van der Waals surface area contributed by atoms with E-state index in [9.17, 15) is 22.5 Å². The minimum atomic E-state index is -4.65. The van der Waals surface area contributed by atoms with E-state index in [-0.39, 0.29) is 32.8 Å². The Labute approximate surface area is 190 Å². The standard InChI is InChI=1S/C19H19ClF3N3O3S2/c1-5-29-17(27)14-16(25-7-6-24-14)30-15-11(10-26-31(28)18(2,3)4)8-12(9-13(15)20)19(21,22)23/h6-10H,5H2,1-4H3/b26-10+. The molecule has 0 N–H and O–H groups in total. The molecule has 0 fully saturated rings. The number of ether oxygens (including phenoxy) is 1. The minimum Gasteiger partial charge on any atom is -0.591 e. The van der Waals surface area contributed by atoms with Crippen molar-refractivity contribution in [3.05, 3.63) is 46.4 Å². The molecule has 0 spiro atoms. The molecule has 0 aliphatic heterocycles. The summed E-state index contributed by atoms with van der Waals surface area (Å²) in [7, 11) is 0. The number of carbonyl (C=O) groups is 1. The number of alkyl halides is 3. The highest BCUT2D eigenvalue weighted by atomic mass is 35.5. The van der Waals surface area contributed by atoms with Crippen LogP contribution in [0.15, 0.2) is 38.8 Å². The van der Waals surface area contributed by atoms with Crippen molar-refractivity contribution >= 4 is 46.9 Å². The molecule has 1 aromatic carbocycles. The Balaban J connectivity index is 2.57. The minimum absolute atomic E-state index is 0.0251. The van der Waals surface area contributed by atoms with Crippen LogP contribution in [0.1, 0.15) is 49.3 Å². The normalized spacial score (nSPS) is 13.5. The summed E-state index contributed by atoms with van der Waals surface area (Å²) in [6, 6.07) is 1.61. The fraction of sp³-hybridized carbons (Fsp3) is 0.368. The fourth-order valence-corrected chi connectivity index (χ4v) is 3.87. The lowest BCUT2D eigenvalue weighted by Crippen LogP contribution is -2.25. The van der Waals surface area contributed by atoms with Crippen molar-refractivity contribution in [2.45, 2.75) is 48.5 Å². The monoisotopic (exact) mass is 493 g/mol. The molecule has 2 aromatic rings. The number of hydrogen-bond acceptors (Lipinski definition) is 7. The molecule has 31 heavy (non-hydrogen) atoms. The molecule has 0 saturated heterocycles. The van der Waals surface area contributed by atoms with E-state index in [0.29, 0.717) is 0 Å². The fourth-order valence-electron chi connectivity index (χ4n) is 2.08. The number of nitrogens with zero attached hydrogens (tertiary/aromatic N) is 3. The molecular formula is C19H19ClF3N3O3S2. The van der Waals surface area contributed by atoms with Gasteiger partial charge in [0.05, 0.1) is 23.4 Å². The third kappa shape index (κ3) is 6.83. The first-order chi connectivity index (χ1) is 14.3. The van der Waals surface area contributed by atoms with Gasteiger partial charge in [-0.25, -0.2) is 14.8 Å². The van der Waals surface area contributed by atoms with Crippen LogP contribution in [0.25, 0.3) is 0 Å². The molecule has 1 heterocycles. The summed E-state index contributed by atoms with van der Waals surface area (Å²) in [5.74, 6) is -0.731. The van der Waals surface area contributed by atoms with E-state index >= 15 is 0 Å². The van der Waals surface area contributed by atoms with Crippen LogP contribution in [0.2, 0.25) is 5.02 Å². The highest BCUT2D eigenvalue weighted by molar-refractivity contribution is 7.99. The van der Waals surface area contributed by atoms with Crippen molar-refractivity contribution in [3.8, 4) is 0 Å². The summed E-state index contributed by atoms with van der Waals surface area (Å²) in [4.78, 5) is 20.3. The van der Waals surface area contributed by atoms with Gasteiger partial charge >= 0.3 is 12.1 Å². The van der Waals surface area contributed by atoms with Crippen molar-refractivity contribution in [1.29, 1.82) is 0 Å². The van der Waals surface area contributed by atoms with Gasteiger partial charge in [0.15, 0.2) is 5.69 Å². The zero-order valence-electron chi connectivity index (χ0n) is 17.0. The number of rotatable bonds is 6. The number of hydrogen-bond donors (Lipinski definition) is 0. The molecule has 1 atom stereocenters. The Morgan fingerprint density at radius 2 is 1.94 bits per heavy atom. The van der Waals surface area contributed by atoms with E-state index in [1.54, 1.807) is 27.7 Å². The number of carbonyl (C=O) groups excluding carboxylic acids is 1. The summed E-state index contributed by atoms with van der Waals surface area (Å²) in [5, 5.41) is -0.141. The third-order valence-electron chi connectivity index (χ3n) is 3.54. The molecule has 0 aliphatic carbocycles. The average Bonchev–Trinajstić information content (AvgIpc) is 2.66. The van der Waals surface area contributed by atoms with Gasteiger partial charge in [0.25, 0.3) is 0 Å². The van der Waals surface area contributed by atoms with Crippen LogP contribution >= 0.6 is 23.4 Å². The molecular weight excluding hydrogens is 475 g/mol. The molecule has 1 unspecified atom stereocenters. The second-order valence-electron chi connectivity index (χ2n) is 7.00. The Kier molecular flexibility index (Phi) is 8.37. The largest absolute Gasteiger partial charge is 0.591 e. The zero-order valence-corrected chi connectivity index (χ0v) is 19.4. The van der Waals surface area contributed by atoms with Crippen molar-refractivity contribution in [2.75, 3.05) is 6.61 Å². The first kappa shape index (κ1) is 25.4. The SMILES string of the molecule is CCOC(=O)c1nccnc1Sc1c(Cl)cc(C(F)(F)F)cc1/C=N/[S+]([O-])C(C)(C)C. The molecule has 12 heteroatoms. The van der Waals surface area contributed by atoms with Crippen LogP contribution in [-0.2, 0) is 22.3 Å². The van der Waals surface area contributed by atoms with Gasteiger partial charge in [-0.05, 0) is 39.8 Å². The Morgan fingerprint density at radius 3 is 2.52 bits per heavy atom. The zero-order chi connectivity index (χ0) is 23.4. The molecule has 0 saturated carbocycles. The Bertz CT molecular complexity index is 982. The molecule has 0 aliphatic rings. The van der Waals surface area contributed by atoms with E-state index < -0.39 is 33.8 Å². The summed E-state index contributed by atoms with van der Waals surface area (Å²) < 4.78 is 60.3. The maximum Gasteiger partial charge on any atom is 0.416 e. The average molecular weight is 494 g/mol. The molecule has 0 amide bonds. The number of halogens is 4. The number of benzene rings is 1. The maximum atomic E-state index is 13.3. The highest BCUT2D eigenvalue weighted by Gasteiger charge is 2.33. The van der Waals surface area contributed by atoms with Gasteiger partial charge in [0.1, 0.15) is 21.1 Å². The van der Waals surface area contributed by atoms with Gasteiger partial charge in [-0.1, -0.05) is 27.8 Å². The van der Waals surface area contributed by atoms with Gasteiger partial charge in [0.2, 0.25) is 0 Å². The van der Waals surface area contributed by atoms with Gasteiger partial charge in [0, 0.05) is 22.9 Å². The lowest BCUT2D eigenvalue weighted by Gasteiger charge is -2.18.